The standard InChI is InChI=1S/C15H13FN2O2/c1-15(2,19)10-5-3-4-9(12(10)16)13-14-11(6-7-20-14)17-8-18-13/h3-8,19H,1-2H3. The Balaban J connectivity index is 2.28. The van der Waals surface area contributed by atoms with E-state index in [0.717, 1.165) is 0 Å². The normalized spacial score (nSPS) is 12.0. The van der Waals surface area contributed by atoms with E-state index in [9.17, 15) is 9.50 Å². The molecule has 1 aromatic carbocycles. The number of hydrogen-bond acceptors (Lipinski definition) is 4. The monoisotopic (exact) mass is 272 g/mol. The summed E-state index contributed by atoms with van der Waals surface area (Å²) in [4.78, 5) is 8.16. The van der Waals surface area contributed by atoms with Gasteiger partial charge in [0.1, 0.15) is 23.4 Å². The maximum Gasteiger partial charge on any atom is 0.178 e. The van der Waals surface area contributed by atoms with Crippen molar-refractivity contribution in [1.29, 1.82) is 0 Å². The van der Waals surface area contributed by atoms with Gasteiger partial charge >= 0.3 is 0 Å². The molecule has 0 atom stereocenters. The second kappa shape index (κ2) is 4.38. The van der Waals surface area contributed by atoms with Gasteiger partial charge in [0, 0.05) is 17.2 Å². The molecule has 0 saturated heterocycles. The van der Waals surface area contributed by atoms with Gasteiger partial charge in [0.2, 0.25) is 0 Å². The van der Waals surface area contributed by atoms with E-state index in [1.165, 1.54) is 26.4 Å². The number of hydrogen-bond donors (Lipinski definition) is 1. The molecular formula is C15H13FN2O2. The molecule has 0 amide bonds. The zero-order chi connectivity index (χ0) is 14.3. The highest BCUT2D eigenvalue weighted by molar-refractivity contribution is 5.87. The number of benzene rings is 1. The van der Waals surface area contributed by atoms with Crippen LogP contribution in [-0.2, 0) is 5.60 Å². The van der Waals surface area contributed by atoms with Crippen LogP contribution < -0.4 is 0 Å². The lowest BCUT2D eigenvalue weighted by molar-refractivity contribution is 0.0746. The number of furan rings is 1. The maximum atomic E-state index is 14.6. The second-order valence-electron chi connectivity index (χ2n) is 5.08. The van der Waals surface area contributed by atoms with Gasteiger partial charge in [-0.05, 0) is 19.9 Å². The third-order valence-electron chi connectivity index (χ3n) is 3.16. The van der Waals surface area contributed by atoms with E-state index >= 15 is 0 Å². The van der Waals surface area contributed by atoms with Crippen LogP contribution in [0.2, 0.25) is 0 Å². The van der Waals surface area contributed by atoms with Crippen molar-refractivity contribution in [2.75, 3.05) is 0 Å². The molecule has 1 N–H and O–H groups in total. The molecule has 0 aliphatic carbocycles. The van der Waals surface area contributed by atoms with Crippen LogP contribution in [-0.4, -0.2) is 15.1 Å². The highest BCUT2D eigenvalue weighted by Gasteiger charge is 2.24. The van der Waals surface area contributed by atoms with Gasteiger partial charge in [-0.1, -0.05) is 12.1 Å². The fourth-order valence-corrected chi connectivity index (χ4v) is 2.17. The average molecular weight is 272 g/mol. The quantitative estimate of drug-likeness (QED) is 0.778. The van der Waals surface area contributed by atoms with Crippen LogP contribution in [0, 0.1) is 5.82 Å². The molecule has 0 aliphatic rings. The Morgan fingerprint density at radius 1 is 1.20 bits per heavy atom. The van der Waals surface area contributed by atoms with E-state index in [-0.39, 0.29) is 11.1 Å². The van der Waals surface area contributed by atoms with Crippen LogP contribution in [0.15, 0.2) is 41.3 Å². The van der Waals surface area contributed by atoms with Gasteiger partial charge in [0.05, 0.1) is 11.9 Å². The summed E-state index contributed by atoms with van der Waals surface area (Å²) in [5, 5.41) is 10.0. The van der Waals surface area contributed by atoms with Crippen molar-refractivity contribution < 1.29 is 13.9 Å². The zero-order valence-corrected chi connectivity index (χ0v) is 11.1. The van der Waals surface area contributed by atoms with Crippen LogP contribution in [0.3, 0.4) is 0 Å². The summed E-state index contributed by atoms with van der Waals surface area (Å²) < 4.78 is 20.0. The minimum Gasteiger partial charge on any atom is -0.460 e. The summed E-state index contributed by atoms with van der Waals surface area (Å²) >= 11 is 0. The number of fused-ring (bicyclic) bond motifs is 1. The molecule has 0 bridgehead atoms. The molecule has 20 heavy (non-hydrogen) atoms. The molecule has 5 heteroatoms. The van der Waals surface area contributed by atoms with Crippen molar-refractivity contribution in [2.24, 2.45) is 0 Å². The first kappa shape index (κ1) is 12.7. The first-order valence-corrected chi connectivity index (χ1v) is 6.18. The molecule has 0 radical (unpaired) electrons. The summed E-state index contributed by atoms with van der Waals surface area (Å²) in [6.07, 6.45) is 2.85. The van der Waals surface area contributed by atoms with Gasteiger partial charge in [-0.2, -0.15) is 0 Å². The van der Waals surface area contributed by atoms with Crippen LogP contribution in [0.5, 0.6) is 0 Å². The summed E-state index contributed by atoms with van der Waals surface area (Å²) in [6.45, 7) is 3.08. The fraction of sp³-hybridized carbons (Fsp3) is 0.200. The van der Waals surface area contributed by atoms with Gasteiger partial charge in [-0.3, -0.25) is 0 Å². The molecule has 0 saturated carbocycles. The molecule has 102 valence electrons. The SMILES string of the molecule is CC(C)(O)c1cccc(-c2ncnc3ccoc23)c1F. The summed E-state index contributed by atoms with van der Waals surface area (Å²) in [5.41, 5.74) is 0.654. The Labute approximate surface area is 114 Å². The molecule has 3 aromatic rings. The Morgan fingerprint density at radius 2 is 2.00 bits per heavy atom. The molecule has 0 aliphatic heterocycles. The summed E-state index contributed by atoms with van der Waals surface area (Å²) in [6, 6.07) is 6.54. The van der Waals surface area contributed by atoms with Crippen LogP contribution >= 0.6 is 0 Å². The topological polar surface area (TPSA) is 59.2 Å². The molecule has 4 nitrogen and oxygen atoms in total. The van der Waals surface area contributed by atoms with Gasteiger partial charge in [-0.15, -0.1) is 0 Å². The minimum absolute atomic E-state index is 0.216. The molecule has 0 spiro atoms. The highest BCUT2D eigenvalue weighted by atomic mass is 19.1. The molecule has 2 heterocycles. The lowest BCUT2D eigenvalue weighted by Crippen LogP contribution is -2.18. The highest BCUT2D eigenvalue weighted by Crippen LogP contribution is 2.32. The van der Waals surface area contributed by atoms with Crippen LogP contribution in [0.4, 0.5) is 4.39 Å². The van der Waals surface area contributed by atoms with Crippen molar-refractivity contribution in [2.45, 2.75) is 19.4 Å². The number of nitrogens with zero attached hydrogens (tertiary/aromatic N) is 2. The smallest absolute Gasteiger partial charge is 0.178 e. The van der Waals surface area contributed by atoms with E-state index in [4.69, 9.17) is 4.42 Å². The summed E-state index contributed by atoms with van der Waals surface area (Å²) in [7, 11) is 0. The van der Waals surface area contributed by atoms with E-state index in [1.54, 1.807) is 24.3 Å². The number of rotatable bonds is 2. The largest absolute Gasteiger partial charge is 0.460 e. The Morgan fingerprint density at radius 3 is 2.75 bits per heavy atom. The summed E-state index contributed by atoms with van der Waals surface area (Å²) in [5.74, 6) is -0.503. The third kappa shape index (κ3) is 1.96. The molecule has 0 unspecified atom stereocenters. The Kier molecular flexibility index (Phi) is 2.79. The molecule has 3 rings (SSSR count). The maximum absolute atomic E-state index is 14.6. The predicted octanol–water partition coefficient (Wildman–Crippen LogP) is 3.26. The van der Waals surface area contributed by atoms with Crippen LogP contribution in [0.1, 0.15) is 19.4 Å². The van der Waals surface area contributed by atoms with E-state index in [1.807, 2.05) is 0 Å². The second-order valence-corrected chi connectivity index (χ2v) is 5.08. The minimum atomic E-state index is -1.27. The lowest BCUT2D eigenvalue weighted by atomic mass is 9.94. The van der Waals surface area contributed by atoms with Gasteiger partial charge in [-0.25, -0.2) is 14.4 Å². The Hall–Kier alpha value is -2.27. The van der Waals surface area contributed by atoms with E-state index in [2.05, 4.69) is 9.97 Å². The molecule has 0 fully saturated rings. The number of aromatic nitrogens is 2. The number of aliphatic hydroxyl groups is 1. The van der Waals surface area contributed by atoms with Crippen molar-refractivity contribution in [3.63, 3.8) is 0 Å². The zero-order valence-electron chi connectivity index (χ0n) is 11.1. The first-order valence-electron chi connectivity index (χ1n) is 6.18. The number of halogens is 1. The van der Waals surface area contributed by atoms with Crippen molar-refractivity contribution in [3.05, 3.63) is 48.2 Å². The lowest BCUT2D eigenvalue weighted by Gasteiger charge is -2.19. The van der Waals surface area contributed by atoms with Gasteiger partial charge < -0.3 is 9.52 Å². The third-order valence-corrected chi connectivity index (χ3v) is 3.16. The van der Waals surface area contributed by atoms with Gasteiger partial charge in [0.15, 0.2) is 5.58 Å². The van der Waals surface area contributed by atoms with Crippen molar-refractivity contribution in [1.82, 2.24) is 9.97 Å². The van der Waals surface area contributed by atoms with E-state index in [0.29, 0.717) is 16.8 Å². The van der Waals surface area contributed by atoms with E-state index < -0.39 is 11.4 Å². The van der Waals surface area contributed by atoms with Crippen LogP contribution in [0.25, 0.3) is 22.4 Å². The van der Waals surface area contributed by atoms with Gasteiger partial charge in [0.25, 0.3) is 0 Å². The van der Waals surface area contributed by atoms with Crippen molar-refractivity contribution >= 4 is 11.1 Å². The Bertz CT molecular complexity index is 775. The fourth-order valence-electron chi connectivity index (χ4n) is 2.17. The van der Waals surface area contributed by atoms with Crippen molar-refractivity contribution in [3.8, 4) is 11.3 Å². The average Bonchev–Trinajstić information content (AvgIpc) is 2.86. The molecular weight excluding hydrogens is 259 g/mol. The predicted molar refractivity (Wildman–Crippen MR) is 72.4 cm³/mol. The first-order chi connectivity index (χ1) is 9.48. The molecule has 2 aromatic heterocycles.